The van der Waals surface area contributed by atoms with E-state index < -0.39 is 17.7 Å². The third kappa shape index (κ3) is 8.45. The number of rotatable bonds is 9. The Morgan fingerprint density at radius 3 is 2.35 bits per heavy atom. The third-order valence-corrected chi connectivity index (χ3v) is 2.14. The zero-order valence-corrected chi connectivity index (χ0v) is 11.2. The molecule has 0 aromatic rings. The van der Waals surface area contributed by atoms with Crippen molar-refractivity contribution in [2.45, 2.75) is 0 Å². The van der Waals surface area contributed by atoms with E-state index in [-0.39, 0.29) is 19.6 Å². The normalized spacial score (nSPS) is 9.85. The predicted octanol–water partition coefficient (Wildman–Crippen LogP) is -2.10. The van der Waals surface area contributed by atoms with E-state index in [4.69, 9.17) is 5.73 Å². The standard InChI is InChI=1S/C12H18N4O4/c1-9(4-3-5-17)16(2)8-12(20)15-7-11(19)14-6-10(13)18/h3-5H,1,6-8H2,2H3,(H2,13,18)(H,14,19)(H,15,20)/b4-3-. The minimum atomic E-state index is -0.664. The maximum absolute atomic E-state index is 11.5. The number of nitrogens with two attached hydrogens (primary N) is 1. The van der Waals surface area contributed by atoms with Crippen molar-refractivity contribution in [3.05, 3.63) is 24.4 Å². The topological polar surface area (TPSA) is 122 Å². The summed E-state index contributed by atoms with van der Waals surface area (Å²) >= 11 is 0. The maximum Gasteiger partial charge on any atom is 0.239 e. The Balaban J connectivity index is 4.01. The summed E-state index contributed by atoms with van der Waals surface area (Å²) in [5.74, 6) is -1.58. The van der Waals surface area contributed by atoms with Gasteiger partial charge in [-0.25, -0.2) is 0 Å². The molecule has 0 saturated carbocycles. The summed E-state index contributed by atoms with van der Waals surface area (Å²) in [6.45, 7) is 3.11. The molecule has 0 atom stereocenters. The second-order valence-corrected chi connectivity index (χ2v) is 3.86. The second kappa shape index (κ2) is 9.31. The molecule has 3 amide bonds. The highest BCUT2D eigenvalue weighted by Crippen LogP contribution is 1.98. The van der Waals surface area contributed by atoms with E-state index in [0.717, 1.165) is 0 Å². The third-order valence-electron chi connectivity index (χ3n) is 2.14. The number of hydrogen-bond donors (Lipinski definition) is 3. The molecule has 0 aliphatic carbocycles. The minimum Gasteiger partial charge on any atom is -0.368 e. The number of likely N-dealkylation sites (N-methyl/N-ethyl adjacent to an activating group) is 1. The number of carbonyl (C=O) groups is 4. The van der Waals surface area contributed by atoms with Gasteiger partial charge < -0.3 is 21.3 Å². The molecule has 4 N–H and O–H groups in total. The van der Waals surface area contributed by atoms with Gasteiger partial charge in [0.25, 0.3) is 0 Å². The zero-order valence-electron chi connectivity index (χ0n) is 11.2. The zero-order chi connectivity index (χ0) is 15.5. The van der Waals surface area contributed by atoms with E-state index in [0.29, 0.717) is 12.0 Å². The number of hydrogen-bond acceptors (Lipinski definition) is 5. The van der Waals surface area contributed by atoms with Crippen molar-refractivity contribution in [2.24, 2.45) is 5.73 Å². The van der Waals surface area contributed by atoms with Crippen LogP contribution in [0.2, 0.25) is 0 Å². The smallest absolute Gasteiger partial charge is 0.239 e. The Hall–Kier alpha value is -2.64. The number of nitrogens with one attached hydrogen (secondary N) is 2. The molecule has 0 aliphatic rings. The molecule has 0 aliphatic heterocycles. The molecule has 0 aromatic heterocycles. The predicted molar refractivity (Wildman–Crippen MR) is 72.2 cm³/mol. The highest BCUT2D eigenvalue weighted by Gasteiger charge is 2.09. The van der Waals surface area contributed by atoms with Gasteiger partial charge in [-0.2, -0.15) is 0 Å². The van der Waals surface area contributed by atoms with E-state index in [1.54, 1.807) is 7.05 Å². The molecule has 8 heteroatoms. The lowest BCUT2D eigenvalue weighted by Gasteiger charge is -2.18. The summed E-state index contributed by atoms with van der Waals surface area (Å²) in [5, 5.41) is 4.60. The van der Waals surface area contributed by atoms with Crippen molar-refractivity contribution >= 4 is 24.0 Å². The van der Waals surface area contributed by atoms with Crippen LogP contribution in [-0.2, 0) is 19.2 Å². The molecule has 0 radical (unpaired) electrons. The maximum atomic E-state index is 11.5. The van der Waals surface area contributed by atoms with Gasteiger partial charge in [0.15, 0.2) is 0 Å². The molecule has 0 rings (SSSR count). The summed E-state index contributed by atoms with van der Waals surface area (Å²) in [6.07, 6.45) is 3.32. The fourth-order valence-electron chi connectivity index (χ4n) is 1.08. The lowest BCUT2D eigenvalue weighted by molar-refractivity contribution is -0.127. The molecular weight excluding hydrogens is 264 g/mol. The SMILES string of the molecule is C=C(/C=C\C=O)N(C)CC(=O)NCC(=O)NCC(N)=O. The average Bonchev–Trinajstić information content (AvgIpc) is 2.39. The van der Waals surface area contributed by atoms with Gasteiger partial charge in [0, 0.05) is 12.7 Å². The van der Waals surface area contributed by atoms with Crippen LogP contribution < -0.4 is 16.4 Å². The van der Waals surface area contributed by atoms with E-state index in [2.05, 4.69) is 17.2 Å². The number of allylic oxidation sites excluding steroid dienone is 2. The molecular formula is C12H18N4O4. The highest BCUT2D eigenvalue weighted by molar-refractivity contribution is 5.88. The molecule has 0 aromatic carbocycles. The van der Waals surface area contributed by atoms with Gasteiger partial charge in [0.05, 0.1) is 19.6 Å². The molecule has 0 spiro atoms. The highest BCUT2D eigenvalue weighted by atomic mass is 16.2. The van der Waals surface area contributed by atoms with Crippen molar-refractivity contribution in [1.29, 1.82) is 0 Å². The van der Waals surface area contributed by atoms with Crippen LogP contribution in [-0.4, -0.2) is 55.6 Å². The van der Waals surface area contributed by atoms with Crippen molar-refractivity contribution < 1.29 is 19.2 Å². The Bertz CT molecular complexity index is 431. The molecule has 110 valence electrons. The Kier molecular flexibility index (Phi) is 8.08. The summed E-state index contributed by atoms with van der Waals surface area (Å²) in [6, 6.07) is 0. The van der Waals surface area contributed by atoms with Gasteiger partial charge in [0.2, 0.25) is 17.7 Å². The van der Waals surface area contributed by atoms with Gasteiger partial charge in [-0.1, -0.05) is 6.58 Å². The number of primary amides is 1. The van der Waals surface area contributed by atoms with Gasteiger partial charge in [-0.3, -0.25) is 19.2 Å². The molecule has 0 heterocycles. The van der Waals surface area contributed by atoms with Gasteiger partial charge in [-0.15, -0.1) is 0 Å². The largest absolute Gasteiger partial charge is 0.368 e. The van der Waals surface area contributed by atoms with E-state index in [9.17, 15) is 19.2 Å². The number of amides is 3. The fourth-order valence-corrected chi connectivity index (χ4v) is 1.08. The Labute approximate surface area is 116 Å². The number of nitrogens with zero attached hydrogens (tertiary/aromatic N) is 1. The van der Waals surface area contributed by atoms with Crippen molar-refractivity contribution in [2.75, 3.05) is 26.7 Å². The van der Waals surface area contributed by atoms with Crippen LogP contribution >= 0.6 is 0 Å². The quantitative estimate of drug-likeness (QED) is 0.254. The molecule has 0 fully saturated rings. The van der Waals surface area contributed by atoms with Gasteiger partial charge >= 0.3 is 0 Å². The summed E-state index contributed by atoms with van der Waals surface area (Å²) in [4.78, 5) is 44.8. The lowest BCUT2D eigenvalue weighted by atomic mass is 10.3. The van der Waals surface area contributed by atoms with Crippen LogP contribution in [0.4, 0.5) is 0 Å². The van der Waals surface area contributed by atoms with Crippen LogP contribution in [0.5, 0.6) is 0 Å². The summed E-state index contributed by atoms with van der Waals surface area (Å²) in [5.41, 5.74) is 5.32. The van der Waals surface area contributed by atoms with E-state index >= 15 is 0 Å². The number of carbonyl (C=O) groups excluding carboxylic acids is 4. The lowest BCUT2D eigenvalue weighted by Crippen LogP contribution is -2.42. The first-order valence-corrected chi connectivity index (χ1v) is 5.70. The van der Waals surface area contributed by atoms with Crippen LogP contribution in [0.15, 0.2) is 24.4 Å². The average molecular weight is 282 g/mol. The van der Waals surface area contributed by atoms with Gasteiger partial charge in [-0.05, 0) is 12.2 Å². The second-order valence-electron chi connectivity index (χ2n) is 3.86. The Morgan fingerprint density at radius 2 is 1.80 bits per heavy atom. The van der Waals surface area contributed by atoms with Crippen LogP contribution in [0.1, 0.15) is 0 Å². The van der Waals surface area contributed by atoms with Crippen LogP contribution in [0.25, 0.3) is 0 Å². The summed E-state index contributed by atoms with van der Waals surface area (Å²) < 4.78 is 0. The first-order valence-electron chi connectivity index (χ1n) is 5.70. The fraction of sp³-hybridized carbons (Fsp3) is 0.333. The summed E-state index contributed by atoms with van der Waals surface area (Å²) in [7, 11) is 1.62. The first kappa shape index (κ1) is 17.4. The first-order chi connectivity index (χ1) is 9.36. The van der Waals surface area contributed by atoms with Crippen LogP contribution in [0, 0.1) is 0 Å². The van der Waals surface area contributed by atoms with Crippen molar-refractivity contribution in [3.63, 3.8) is 0 Å². The van der Waals surface area contributed by atoms with Crippen LogP contribution in [0.3, 0.4) is 0 Å². The monoisotopic (exact) mass is 282 g/mol. The molecule has 0 unspecified atom stereocenters. The Morgan fingerprint density at radius 1 is 1.20 bits per heavy atom. The van der Waals surface area contributed by atoms with Crippen molar-refractivity contribution in [3.8, 4) is 0 Å². The molecule has 20 heavy (non-hydrogen) atoms. The van der Waals surface area contributed by atoms with Crippen molar-refractivity contribution in [1.82, 2.24) is 15.5 Å². The van der Waals surface area contributed by atoms with E-state index in [1.165, 1.54) is 17.1 Å². The number of aldehydes is 1. The van der Waals surface area contributed by atoms with Gasteiger partial charge in [0.1, 0.15) is 6.29 Å². The minimum absolute atomic E-state index is 0.0227. The molecule has 8 nitrogen and oxygen atoms in total. The molecule has 0 bridgehead atoms. The van der Waals surface area contributed by atoms with E-state index in [1.807, 2.05) is 0 Å². The molecule has 0 saturated heterocycles.